The molecular weight excluding hydrogens is 270 g/mol. The molecule has 7 nitrogen and oxygen atoms in total. The summed E-state index contributed by atoms with van der Waals surface area (Å²) in [5.74, 6) is -0.245. The van der Waals surface area contributed by atoms with Crippen LogP contribution in [0.1, 0.15) is 41.4 Å². The molecule has 0 bridgehead atoms. The van der Waals surface area contributed by atoms with Gasteiger partial charge in [-0.05, 0) is 35.4 Å². The van der Waals surface area contributed by atoms with Gasteiger partial charge in [0.1, 0.15) is 5.69 Å². The molecule has 2 aromatic heterocycles. The number of carbonyl (C=O) groups is 1. The van der Waals surface area contributed by atoms with Crippen molar-refractivity contribution >= 4 is 11.9 Å². The summed E-state index contributed by atoms with van der Waals surface area (Å²) < 4.78 is 26.3. The average molecular weight is 280 g/mol. The molecule has 3 rings (SSSR count). The first-order valence-electron chi connectivity index (χ1n) is 5.98. The van der Waals surface area contributed by atoms with Crippen molar-refractivity contribution in [1.82, 2.24) is 25.2 Å². The zero-order valence-corrected chi connectivity index (χ0v) is 10.2. The van der Waals surface area contributed by atoms with Gasteiger partial charge in [0.05, 0.1) is 11.6 Å². The van der Waals surface area contributed by atoms with Gasteiger partial charge in [0.15, 0.2) is 0 Å². The molecule has 1 N–H and O–H groups in total. The Morgan fingerprint density at radius 2 is 2.20 bits per heavy atom. The molecule has 1 aliphatic carbocycles. The first-order valence-corrected chi connectivity index (χ1v) is 5.98. The van der Waals surface area contributed by atoms with E-state index >= 15 is 0 Å². The Hall–Kier alpha value is -2.45. The Kier molecular flexibility index (Phi) is 3.09. The number of nitrogens with one attached hydrogen (secondary N) is 1. The zero-order chi connectivity index (χ0) is 14.1. The molecule has 0 radical (unpaired) electrons. The Morgan fingerprint density at radius 3 is 2.80 bits per heavy atom. The molecule has 9 heteroatoms. The van der Waals surface area contributed by atoms with Crippen molar-refractivity contribution in [2.24, 2.45) is 0 Å². The summed E-state index contributed by atoms with van der Waals surface area (Å²) in [7, 11) is 0. The minimum absolute atomic E-state index is 0.166. The number of aromatic nitrogens is 5. The van der Waals surface area contributed by atoms with Crippen LogP contribution in [0, 0.1) is 0 Å². The highest BCUT2D eigenvalue weighted by Gasteiger charge is 2.28. The Morgan fingerprint density at radius 1 is 1.40 bits per heavy atom. The van der Waals surface area contributed by atoms with Gasteiger partial charge >= 0.3 is 0 Å². The Labute approximate surface area is 112 Å². The number of nitrogens with zero attached hydrogens (tertiary/aromatic N) is 5. The lowest BCUT2D eigenvalue weighted by Gasteiger charge is -2.05. The lowest BCUT2D eigenvalue weighted by molar-refractivity contribution is 0.102. The van der Waals surface area contributed by atoms with Crippen LogP contribution in [0.25, 0.3) is 0 Å². The SMILES string of the molecule is O=C(Nc1nnnn1C1CC1)c1ccc(C(F)F)nc1. The van der Waals surface area contributed by atoms with Gasteiger partial charge in [-0.15, -0.1) is 0 Å². The van der Waals surface area contributed by atoms with E-state index in [0.29, 0.717) is 0 Å². The molecule has 1 amide bonds. The molecule has 0 aliphatic heterocycles. The molecule has 1 fully saturated rings. The highest BCUT2D eigenvalue weighted by atomic mass is 19.3. The van der Waals surface area contributed by atoms with E-state index in [2.05, 4.69) is 25.8 Å². The average Bonchev–Trinajstić information content (AvgIpc) is 3.19. The summed E-state index contributed by atoms with van der Waals surface area (Å²) in [6.45, 7) is 0. The van der Waals surface area contributed by atoms with E-state index in [4.69, 9.17) is 0 Å². The van der Waals surface area contributed by atoms with Crippen LogP contribution in [0.2, 0.25) is 0 Å². The number of carbonyl (C=O) groups excluding carboxylic acids is 1. The van der Waals surface area contributed by atoms with Crippen molar-refractivity contribution in [3.05, 3.63) is 29.6 Å². The topological polar surface area (TPSA) is 85.6 Å². The molecule has 20 heavy (non-hydrogen) atoms. The zero-order valence-electron chi connectivity index (χ0n) is 10.2. The van der Waals surface area contributed by atoms with E-state index in [1.807, 2.05) is 0 Å². The number of pyridine rings is 1. The molecule has 104 valence electrons. The van der Waals surface area contributed by atoms with Crippen molar-refractivity contribution in [3.63, 3.8) is 0 Å². The fourth-order valence-corrected chi connectivity index (χ4v) is 1.68. The van der Waals surface area contributed by atoms with Crippen LogP contribution in [0.3, 0.4) is 0 Å². The van der Waals surface area contributed by atoms with Crippen LogP contribution in [0.4, 0.5) is 14.7 Å². The van der Waals surface area contributed by atoms with E-state index < -0.39 is 12.3 Å². The van der Waals surface area contributed by atoms with Crippen LogP contribution in [-0.2, 0) is 0 Å². The molecule has 2 aromatic rings. The van der Waals surface area contributed by atoms with Crippen molar-refractivity contribution in [2.45, 2.75) is 25.3 Å². The second kappa shape index (κ2) is 4.91. The molecule has 0 spiro atoms. The molecule has 0 unspecified atom stereocenters. The molecule has 1 saturated carbocycles. The van der Waals surface area contributed by atoms with Crippen LogP contribution < -0.4 is 5.32 Å². The largest absolute Gasteiger partial charge is 0.289 e. The second-order valence-corrected chi connectivity index (χ2v) is 4.40. The highest BCUT2D eigenvalue weighted by Crippen LogP contribution is 2.35. The van der Waals surface area contributed by atoms with Gasteiger partial charge in [-0.2, -0.15) is 0 Å². The van der Waals surface area contributed by atoms with E-state index in [9.17, 15) is 13.6 Å². The van der Waals surface area contributed by atoms with E-state index in [0.717, 1.165) is 25.1 Å². The summed E-state index contributed by atoms with van der Waals surface area (Å²) in [6.07, 6.45) is 0.383. The van der Waals surface area contributed by atoms with Gasteiger partial charge in [-0.25, -0.2) is 13.5 Å². The van der Waals surface area contributed by atoms with Gasteiger partial charge in [0, 0.05) is 6.20 Å². The summed E-state index contributed by atoms with van der Waals surface area (Å²) in [5.41, 5.74) is -0.205. The van der Waals surface area contributed by atoms with Crippen molar-refractivity contribution in [3.8, 4) is 0 Å². The number of hydrogen-bond acceptors (Lipinski definition) is 5. The predicted octanol–water partition coefficient (Wildman–Crippen LogP) is 1.59. The molecule has 0 atom stereocenters. The van der Waals surface area contributed by atoms with Crippen LogP contribution >= 0.6 is 0 Å². The lowest BCUT2D eigenvalue weighted by atomic mass is 10.2. The van der Waals surface area contributed by atoms with E-state index in [-0.39, 0.29) is 23.2 Å². The van der Waals surface area contributed by atoms with E-state index in [1.54, 1.807) is 4.68 Å². The maximum Gasteiger partial charge on any atom is 0.280 e. The summed E-state index contributed by atoms with van der Waals surface area (Å²) in [6, 6.07) is 2.62. The van der Waals surface area contributed by atoms with Gasteiger partial charge < -0.3 is 0 Å². The number of alkyl halides is 2. The third-order valence-corrected chi connectivity index (χ3v) is 2.88. The quantitative estimate of drug-likeness (QED) is 0.919. The Balaban J connectivity index is 1.73. The number of tetrazole rings is 1. The first kappa shape index (κ1) is 12.6. The predicted molar refractivity (Wildman–Crippen MR) is 63.2 cm³/mol. The van der Waals surface area contributed by atoms with Gasteiger partial charge in [0.2, 0.25) is 5.95 Å². The molecule has 0 saturated heterocycles. The molecular formula is C11H10F2N6O. The van der Waals surface area contributed by atoms with Gasteiger partial charge in [-0.1, -0.05) is 5.10 Å². The Bertz CT molecular complexity index is 622. The van der Waals surface area contributed by atoms with Gasteiger partial charge in [-0.3, -0.25) is 15.1 Å². The maximum absolute atomic E-state index is 12.4. The van der Waals surface area contributed by atoms with Crippen LogP contribution in [0.15, 0.2) is 18.3 Å². The fourth-order valence-electron chi connectivity index (χ4n) is 1.68. The normalized spacial score (nSPS) is 14.6. The highest BCUT2D eigenvalue weighted by molar-refractivity contribution is 6.03. The van der Waals surface area contributed by atoms with E-state index in [1.165, 1.54) is 6.07 Å². The number of halogens is 2. The number of anilines is 1. The monoisotopic (exact) mass is 280 g/mol. The third kappa shape index (κ3) is 2.46. The fraction of sp³-hybridized carbons (Fsp3) is 0.364. The molecule has 0 aromatic carbocycles. The van der Waals surface area contributed by atoms with Crippen molar-refractivity contribution in [2.75, 3.05) is 5.32 Å². The lowest BCUT2D eigenvalue weighted by Crippen LogP contribution is -2.16. The standard InChI is InChI=1S/C11H10F2N6O/c12-9(13)8-4-1-6(5-14-8)10(20)15-11-16-17-18-19(11)7-2-3-7/h1,4-5,7,9H,2-3H2,(H,15,16,18,20). The third-order valence-electron chi connectivity index (χ3n) is 2.88. The summed E-state index contributed by atoms with van der Waals surface area (Å²) in [4.78, 5) is 15.5. The first-order chi connectivity index (χ1) is 9.65. The molecule has 2 heterocycles. The summed E-state index contributed by atoms with van der Waals surface area (Å²) in [5, 5.41) is 13.5. The smallest absolute Gasteiger partial charge is 0.280 e. The van der Waals surface area contributed by atoms with Gasteiger partial charge in [0.25, 0.3) is 12.3 Å². The maximum atomic E-state index is 12.4. The minimum atomic E-state index is -2.66. The van der Waals surface area contributed by atoms with Crippen molar-refractivity contribution in [1.29, 1.82) is 0 Å². The molecule has 1 aliphatic rings. The van der Waals surface area contributed by atoms with Crippen LogP contribution in [-0.4, -0.2) is 31.1 Å². The summed E-state index contributed by atoms with van der Waals surface area (Å²) >= 11 is 0. The van der Waals surface area contributed by atoms with Crippen molar-refractivity contribution < 1.29 is 13.6 Å². The minimum Gasteiger partial charge on any atom is -0.289 e. The number of amides is 1. The number of hydrogen-bond donors (Lipinski definition) is 1. The number of rotatable bonds is 4. The second-order valence-electron chi connectivity index (χ2n) is 4.40. The van der Waals surface area contributed by atoms with Crippen LogP contribution in [0.5, 0.6) is 0 Å².